The average Bonchev–Trinajstić information content (AvgIpc) is 3.11. The Balaban J connectivity index is 1.75. The maximum atomic E-state index is 13.4. The van der Waals surface area contributed by atoms with E-state index in [1.807, 2.05) is 13.8 Å². The summed E-state index contributed by atoms with van der Waals surface area (Å²) in [5.74, 6) is -1.15. The Morgan fingerprint density at radius 3 is 2.55 bits per heavy atom. The van der Waals surface area contributed by atoms with Crippen LogP contribution in [-0.2, 0) is 11.0 Å². The number of halogens is 4. The summed E-state index contributed by atoms with van der Waals surface area (Å²) < 4.78 is 53.4. The molecule has 31 heavy (non-hydrogen) atoms. The molecule has 0 saturated heterocycles. The van der Waals surface area contributed by atoms with Gasteiger partial charge in [-0.25, -0.2) is 8.79 Å². The standard InChI is InChI=1S/C17H18F4N8OS/c1-3-22-13-25-14(23-4-2)29-15(26-13)27-28-16(29)31-8-12(30)24-9-5-6-11(18)10(7-9)17(19,20)21/h5-7H,3-4,8H2,1-2H3,(H,24,30)(H2,22,23,25,26,27). The van der Waals surface area contributed by atoms with E-state index >= 15 is 0 Å². The molecule has 14 heteroatoms. The Morgan fingerprint density at radius 1 is 1.13 bits per heavy atom. The van der Waals surface area contributed by atoms with Crippen molar-refractivity contribution in [3.05, 3.63) is 29.6 Å². The molecule has 0 aliphatic heterocycles. The second-order valence-corrected chi connectivity index (χ2v) is 7.02. The van der Waals surface area contributed by atoms with Gasteiger partial charge in [0.15, 0.2) is 5.16 Å². The lowest BCUT2D eigenvalue weighted by Crippen LogP contribution is -2.16. The molecule has 2 aromatic heterocycles. The van der Waals surface area contributed by atoms with Crippen LogP contribution in [0.1, 0.15) is 19.4 Å². The summed E-state index contributed by atoms with van der Waals surface area (Å²) in [5.41, 5.74) is -1.62. The van der Waals surface area contributed by atoms with E-state index in [-0.39, 0.29) is 17.2 Å². The maximum Gasteiger partial charge on any atom is 0.419 e. The summed E-state index contributed by atoms with van der Waals surface area (Å²) in [7, 11) is 0. The first-order valence-corrected chi connectivity index (χ1v) is 10.1. The van der Waals surface area contributed by atoms with Crippen molar-refractivity contribution in [1.29, 1.82) is 0 Å². The van der Waals surface area contributed by atoms with E-state index in [0.717, 1.165) is 17.8 Å². The minimum absolute atomic E-state index is 0.169. The van der Waals surface area contributed by atoms with E-state index in [4.69, 9.17) is 0 Å². The number of amides is 1. The van der Waals surface area contributed by atoms with Crippen LogP contribution < -0.4 is 16.0 Å². The molecule has 3 aromatic rings. The zero-order chi connectivity index (χ0) is 22.6. The first-order chi connectivity index (χ1) is 14.7. The number of nitrogens with zero attached hydrogens (tertiary/aromatic N) is 5. The molecular formula is C17H18F4N8OS. The summed E-state index contributed by atoms with van der Waals surface area (Å²) in [6.45, 7) is 4.94. The molecule has 0 unspecified atom stereocenters. The van der Waals surface area contributed by atoms with Crippen LogP contribution in [-0.4, -0.2) is 49.3 Å². The molecule has 0 atom stereocenters. The Labute approximate surface area is 178 Å². The molecule has 0 radical (unpaired) electrons. The summed E-state index contributed by atoms with van der Waals surface area (Å²) in [4.78, 5) is 20.8. The molecule has 9 nitrogen and oxygen atoms in total. The van der Waals surface area contributed by atoms with E-state index in [1.165, 1.54) is 4.40 Å². The minimum atomic E-state index is -4.87. The van der Waals surface area contributed by atoms with Crippen molar-refractivity contribution in [3.63, 3.8) is 0 Å². The predicted molar refractivity (Wildman–Crippen MR) is 108 cm³/mol. The van der Waals surface area contributed by atoms with Crippen molar-refractivity contribution >= 4 is 41.0 Å². The van der Waals surface area contributed by atoms with Gasteiger partial charge >= 0.3 is 6.18 Å². The van der Waals surface area contributed by atoms with Crippen LogP contribution in [0.15, 0.2) is 23.4 Å². The third kappa shape index (κ3) is 5.31. The largest absolute Gasteiger partial charge is 0.419 e. The molecule has 0 fully saturated rings. The minimum Gasteiger partial charge on any atom is -0.355 e. The molecule has 3 N–H and O–H groups in total. The van der Waals surface area contributed by atoms with Crippen LogP contribution >= 0.6 is 11.8 Å². The van der Waals surface area contributed by atoms with Gasteiger partial charge in [0.1, 0.15) is 5.82 Å². The number of alkyl halides is 3. The zero-order valence-electron chi connectivity index (χ0n) is 16.4. The molecule has 0 aliphatic carbocycles. The molecule has 0 saturated carbocycles. The van der Waals surface area contributed by atoms with Gasteiger partial charge < -0.3 is 16.0 Å². The molecule has 1 amide bonds. The highest BCUT2D eigenvalue weighted by Crippen LogP contribution is 2.33. The monoisotopic (exact) mass is 458 g/mol. The molecule has 0 spiro atoms. The SMILES string of the molecule is CCNc1nc(NCC)n2c(SCC(=O)Nc3ccc(F)c(C(F)(F)F)c3)nnc2n1. The zero-order valence-corrected chi connectivity index (χ0v) is 17.2. The van der Waals surface area contributed by atoms with E-state index in [1.54, 1.807) is 0 Å². The Morgan fingerprint density at radius 2 is 1.87 bits per heavy atom. The van der Waals surface area contributed by atoms with E-state index in [2.05, 4.69) is 36.1 Å². The molecule has 2 heterocycles. The third-order valence-corrected chi connectivity index (χ3v) is 4.73. The van der Waals surface area contributed by atoms with Gasteiger partial charge in [0.25, 0.3) is 5.78 Å². The maximum absolute atomic E-state index is 13.4. The summed E-state index contributed by atoms with van der Waals surface area (Å²) in [6.07, 6.45) is -4.87. The van der Waals surface area contributed by atoms with Crippen LogP contribution in [0.3, 0.4) is 0 Å². The smallest absolute Gasteiger partial charge is 0.355 e. The number of rotatable bonds is 8. The van der Waals surface area contributed by atoms with Crippen LogP contribution in [0.5, 0.6) is 0 Å². The molecule has 0 aliphatic rings. The number of aromatic nitrogens is 5. The Bertz CT molecular complexity index is 1090. The number of thioether (sulfide) groups is 1. The van der Waals surface area contributed by atoms with Crippen molar-refractivity contribution in [1.82, 2.24) is 24.6 Å². The number of carbonyl (C=O) groups is 1. The third-order valence-electron chi connectivity index (χ3n) is 3.80. The summed E-state index contributed by atoms with van der Waals surface area (Å²) in [5, 5.41) is 16.7. The Kier molecular flexibility index (Phi) is 6.77. The van der Waals surface area contributed by atoms with Gasteiger partial charge in [0.2, 0.25) is 17.8 Å². The Hall–Kier alpha value is -3.16. The second kappa shape index (κ2) is 9.32. The number of carbonyl (C=O) groups excluding carboxylic acids is 1. The lowest BCUT2D eigenvalue weighted by atomic mass is 10.2. The molecular weight excluding hydrogens is 440 g/mol. The van der Waals surface area contributed by atoms with Gasteiger partial charge in [-0.2, -0.15) is 23.1 Å². The normalized spacial score (nSPS) is 11.5. The van der Waals surface area contributed by atoms with Crippen molar-refractivity contribution < 1.29 is 22.4 Å². The van der Waals surface area contributed by atoms with Gasteiger partial charge in [0, 0.05) is 18.8 Å². The van der Waals surface area contributed by atoms with E-state index < -0.39 is 23.5 Å². The highest BCUT2D eigenvalue weighted by atomic mass is 32.2. The topological polar surface area (TPSA) is 109 Å². The van der Waals surface area contributed by atoms with Gasteiger partial charge in [-0.05, 0) is 32.0 Å². The summed E-state index contributed by atoms with van der Waals surface area (Å²) >= 11 is 0.997. The fourth-order valence-corrected chi connectivity index (χ4v) is 3.27. The number of hydrogen-bond acceptors (Lipinski definition) is 8. The molecule has 166 valence electrons. The van der Waals surface area contributed by atoms with Crippen LogP contribution in [0, 0.1) is 5.82 Å². The van der Waals surface area contributed by atoms with Gasteiger partial charge in [0.05, 0.1) is 11.3 Å². The highest BCUT2D eigenvalue weighted by Gasteiger charge is 2.34. The van der Waals surface area contributed by atoms with Crippen molar-refractivity contribution in [2.24, 2.45) is 0 Å². The molecule has 3 rings (SSSR count). The molecule has 0 bridgehead atoms. The average molecular weight is 458 g/mol. The second-order valence-electron chi connectivity index (χ2n) is 6.08. The number of nitrogens with one attached hydrogen (secondary N) is 3. The van der Waals surface area contributed by atoms with Crippen molar-refractivity contribution in [2.45, 2.75) is 25.2 Å². The quantitative estimate of drug-likeness (QED) is 0.349. The van der Waals surface area contributed by atoms with Gasteiger partial charge in [-0.3, -0.25) is 4.79 Å². The fourth-order valence-electron chi connectivity index (χ4n) is 2.54. The van der Waals surface area contributed by atoms with Crippen LogP contribution in [0.4, 0.5) is 35.1 Å². The number of fused-ring (bicyclic) bond motifs is 1. The van der Waals surface area contributed by atoms with Gasteiger partial charge in [-0.15, -0.1) is 10.2 Å². The van der Waals surface area contributed by atoms with E-state index in [9.17, 15) is 22.4 Å². The first-order valence-electron chi connectivity index (χ1n) is 9.13. The van der Waals surface area contributed by atoms with E-state index in [0.29, 0.717) is 42.3 Å². The summed E-state index contributed by atoms with van der Waals surface area (Å²) in [6, 6.07) is 2.25. The van der Waals surface area contributed by atoms with Crippen LogP contribution in [0.25, 0.3) is 5.78 Å². The predicted octanol–water partition coefficient (Wildman–Crippen LogP) is 3.27. The highest BCUT2D eigenvalue weighted by molar-refractivity contribution is 7.99. The first kappa shape index (κ1) is 22.5. The van der Waals surface area contributed by atoms with Crippen molar-refractivity contribution in [3.8, 4) is 0 Å². The fraction of sp³-hybridized carbons (Fsp3) is 0.353. The lowest BCUT2D eigenvalue weighted by molar-refractivity contribution is -0.140. The lowest BCUT2D eigenvalue weighted by Gasteiger charge is -2.11. The number of benzene rings is 1. The molecule has 1 aromatic carbocycles. The number of hydrogen-bond donors (Lipinski definition) is 3. The van der Waals surface area contributed by atoms with Crippen LogP contribution in [0.2, 0.25) is 0 Å². The van der Waals surface area contributed by atoms with Crippen molar-refractivity contribution in [2.75, 3.05) is 34.8 Å². The number of anilines is 3. The van der Waals surface area contributed by atoms with Gasteiger partial charge in [-0.1, -0.05) is 11.8 Å².